The molecule has 2 atom stereocenters. The van der Waals surface area contributed by atoms with Crippen molar-refractivity contribution in [1.29, 1.82) is 0 Å². The van der Waals surface area contributed by atoms with Gasteiger partial charge in [-0.3, -0.25) is 0 Å². The molecule has 1 aromatic rings. The molecule has 0 unspecified atom stereocenters. The first-order valence-corrected chi connectivity index (χ1v) is 6.28. The van der Waals surface area contributed by atoms with E-state index in [9.17, 15) is 0 Å². The second-order valence-corrected chi connectivity index (χ2v) is 4.95. The fourth-order valence-electron chi connectivity index (χ4n) is 2.68. The van der Waals surface area contributed by atoms with E-state index >= 15 is 0 Å². The molecule has 0 heterocycles. The Labute approximate surface area is 108 Å². The van der Waals surface area contributed by atoms with Gasteiger partial charge >= 0.3 is 0 Å². The number of hydrogen-bond acceptors (Lipinski definition) is 4. The van der Waals surface area contributed by atoms with E-state index in [4.69, 9.17) is 20.9 Å². The highest BCUT2D eigenvalue weighted by atomic mass is 16.7. The predicted octanol–water partition coefficient (Wildman–Crippen LogP) is 1.95. The van der Waals surface area contributed by atoms with E-state index < -0.39 is 5.79 Å². The quantitative estimate of drug-likeness (QED) is 0.804. The van der Waals surface area contributed by atoms with Gasteiger partial charge in [0.05, 0.1) is 0 Å². The van der Waals surface area contributed by atoms with Crippen LogP contribution in [0.4, 0.5) is 0 Å². The zero-order chi connectivity index (χ0) is 13.3. The van der Waals surface area contributed by atoms with Crippen LogP contribution in [0.2, 0.25) is 0 Å². The molecule has 0 spiro atoms. The maximum absolute atomic E-state index is 6.25. The third-order valence-electron chi connectivity index (χ3n) is 3.97. The largest absolute Gasteiger partial charge is 0.349 e. The number of methoxy groups -OCH3 is 2. The summed E-state index contributed by atoms with van der Waals surface area (Å²) in [5.41, 5.74) is 15.6. The highest BCUT2D eigenvalue weighted by molar-refractivity contribution is 5.43. The van der Waals surface area contributed by atoms with E-state index in [0.29, 0.717) is 0 Å². The van der Waals surface area contributed by atoms with Crippen LogP contribution in [-0.4, -0.2) is 14.2 Å². The first-order chi connectivity index (χ1) is 8.53. The lowest BCUT2D eigenvalue weighted by Gasteiger charge is -2.35. The summed E-state index contributed by atoms with van der Waals surface area (Å²) in [4.78, 5) is 0. The molecule has 1 aliphatic carbocycles. The van der Waals surface area contributed by atoms with Crippen LogP contribution in [0, 0.1) is 0 Å². The minimum atomic E-state index is -0.778. The Kier molecular flexibility index (Phi) is 3.73. The van der Waals surface area contributed by atoms with E-state index in [0.717, 1.165) is 29.5 Å². The minimum Gasteiger partial charge on any atom is -0.349 e. The molecule has 2 rings (SSSR count). The van der Waals surface area contributed by atoms with Crippen molar-refractivity contribution in [3.63, 3.8) is 0 Å². The van der Waals surface area contributed by atoms with Crippen molar-refractivity contribution in [2.24, 2.45) is 11.5 Å². The van der Waals surface area contributed by atoms with Gasteiger partial charge in [-0.05, 0) is 30.9 Å². The van der Waals surface area contributed by atoms with Crippen LogP contribution in [0.15, 0.2) is 18.2 Å². The van der Waals surface area contributed by atoms with Gasteiger partial charge < -0.3 is 20.9 Å². The molecule has 0 saturated carbocycles. The maximum atomic E-state index is 6.25. The summed E-state index contributed by atoms with van der Waals surface area (Å²) in [6.45, 7) is 1.90. The summed E-state index contributed by atoms with van der Waals surface area (Å²) in [6, 6.07) is 6.10. The van der Waals surface area contributed by atoms with E-state index in [-0.39, 0.29) is 12.1 Å². The third kappa shape index (κ3) is 2.06. The molecule has 100 valence electrons. The second kappa shape index (κ2) is 4.97. The zero-order valence-electron chi connectivity index (χ0n) is 11.3. The van der Waals surface area contributed by atoms with E-state index in [2.05, 4.69) is 0 Å². The normalized spacial score (nSPS) is 23.8. The number of rotatable bonds is 3. The molecule has 0 amide bonds. The third-order valence-corrected chi connectivity index (χ3v) is 3.97. The molecule has 4 N–H and O–H groups in total. The Bertz CT molecular complexity index is 430. The number of ether oxygens (including phenoxy) is 2. The van der Waals surface area contributed by atoms with Crippen molar-refractivity contribution in [3.8, 4) is 0 Å². The van der Waals surface area contributed by atoms with Crippen LogP contribution in [0.25, 0.3) is 0 Å². The van der Waals surface area contributed by atoms with Crippen LogP contribution in [-0.2, 0) is 15.3 Å². The smallest absolute Gasteiger partial charge is 0.191 e. The first-order valence-electron chi connectivity index (χ1n) is 6.28. The maximum Gasteiger partial charge on any atom is 0.191 e. The van der Waals surface area contributed by atoms with Crippen LogP contribution >= 0.6 is 0 Å². The van der Waals surface area contributed by atoms with Gasteiger partial charge in [0.25, 0.3) is 0 Å². The van der Waals surface area contributed by atoms with Gasteiger partial charge in [0.1, 0.15) is 0 Å². The highest BCUT2D eigenvalue weighted by Gasteiger charge is 2.34. The highest BCUT2D eigenvalue weighted by Crippen LogP contribution is 2.40. The van der Waals surface area contributed by atoms with Gasteiger partial charge in [-0.15, -0.1) is 0 Å². The lowest BCUT2D eigenvalue weighted by molar-refractivity contribution is -0.202. The fourth-order valence-corrected chi connectivity index (χ4v) is 2.68. The molecule has 0 radical (unpaired) electrons. The van der Waals surface area contributed by atoms with E-state index in [1.807, 2.05) is 25.1 Å². The molecule has 18 heavy (non-hydrogen) atoms. The van der Waals surface area contributed by atoms with Gasteiger partial charge in [0, 0.05) is 31.9 Å². The van der Waals surface area contributed by atoms with Crippen molar-refractivity contribution >= 4 is 0 Å². The van der Waals surface area contributed by atoms with Crippen LogP contribution < -0.4 is 11.5 Å². The summed E-state index contributed by atoms with van der Waals surface area (Å²) in [5.74, 6) is -0.778. The molecule has 1 aliphatic rings. The lowest BCUT2D eigenvalue weighted by atomic mass is 9.80. The number of benzene rings is 1. The van der Waals surface area contributed by atoms with E-state index in [1.165, 1.54) is 0 Å². The van der Waals surface area contributed by atoms with Gasteiger partial charge in [0.15, 0.2) is 5.79 Å². The fraction of sp³-hybridized carbons (Fsp3) is 0.571. The molecule has 0 aromatic heterocycles. The molecule has 4 heteroatoms. The second-order valence-electron chi connectivity index (χ2n) is 4.95. The van der Waals surface area contributed by atoms with Gasteiger partial charge in [-0.2, -0.15) is 0 Å². The topological polar surface area (TPSA) is 70.5 Å². The molecular formula is C14H22N2O2. The SMILES string of the molecule is COC(C)(OC)c1cccc2c1[C@@H](N)CC[C@H]2N. The summed E-state index contributed by atoms with van der Waals surface area (Å²) < 4.78 is 11.0. The average Bonchev–Trinajstić information content (AvgIpc) is 2.41. The Balaban J connectivity index is 2.59. The summed E-state index contributed by atoms with van der Waals surface area (Å²) in [7, 11) is 3.27. The Morgan fingerprint density at radius 3 is 2.33 bits per heavy atom. The predicted molar refractivity (Wildman–Crippen MR) is 70.9 cm³/mol. The monoisotopic (exact) mass is 250 g/mol. The summed E-state index contributed by atoms with van der Waals surface area (Å²) in [6.07, 6.45) is 1.82. The van der Waals surface area contributed by atoms with Crippen molar-refractivity contribution in [1.82, 2.24) is 0 Å². The standard InChI is InChI=1S/C14H22N2O2/c1-14(17-2,18-3)10-6-4-5-9-11(15)7-8-12(16)13(9)10/h4-6,11-12H,7-8,15-16H2,1-3H3/t11-,12+/m1/s1. The number of nitrogens with two attached hydrogens (primary N) is 2. The average molecular weight is 250 g/mol. The van der Waals surface area contributed by atoms with Gasteiger partial charge in [-0.25, -0.2) is 0 Å². The summed E-state index contributed by atoms with van der Waals surface area (Å²) in [5, 5.41) is 0. The summed E-state index contributed by atoms with van der Waals surface area (Å²) >= 11 is 0. The van der Waals surface area contributed by atoms with Gasteiger partial charge in [-0.1, -0.05) is 18.2 Å². The van der Waals surface area contributed by atoms with E-state index in [1.54, 1.807) is 14.2 Å². The molecule has 0 fully saturated rings. The Morgan fingerprint density at radius 2 is 1.72 bits per heavy atom. The Hall–Kier alpha value is -0.940. The number of fused-ring (bicyclic) bond motifs is 1. The van der Waals surface area contributed by atoms with Crippen molar-refractivity contribution < 1.29 is 9.47 Å². The van der Waals surface area contributed by atoms with Gasteiger partial charge in [0.2, 0.25) is 0 Å². The zero-order valence-corrected chi connectivity index (χ0v) is 11.3. The minimum absolute atomic E-state index is 0.000579. The van der Waals surface area contributed by atoms with Crippen LogP contribution in [0.1, 0.15) is 48.5 Å². The first kappa shape index (κ1) is 13.5. The van der Waals surface area contributed by atoms with Crippen molar-refractivity contribution in [2.75, 3.05) is 14.2 Å². The van der Waals surface area contributed by atoms with Crippen LogP contribution in [0.5, 0.6) is 0 Å². The number of hydrogen-bond donors (Lipinski definition) is 2. The molecule has 4 nitrogen and oxygen atoms in total. The van der Waals surface area contributed by atoms with Crippen molar-refractivity contribution in [2.45, 2.75) is 37.6 Å². The van der Waals surface area contributed by atoms with Crippen molar-refractivity contribution in [3.05, 3.63) is 34.9 Å². The molecular weight excluding hydrogens is 228 g/mol. The molecule has 1 aromatic carbocycles. The molecule has 0 saturated heterocycles. The lowest BCUT2D eigenvalue weighted by Crippen LogP contribution is -2.33. The molecule has 0 aliphatic heterocycles. The Morgan fingerprint density at radius 1 is 1.11 bits per heavy atom. The molecule has 0 bridgehead atoms. The van der Waals surface area contributed by atoms with Crippen LogP contribution in [0.3, 0.4) is 0 Å².